The van der Waals surface area contributed by atoms with Gasteiger partial charge in [0.05, 0.1) is 19.2 Å². The number of methoxy groups -OCH3 is 1. The summed E-state index contributed by atoms with van der Waals surface area (Å²) < 4.78 is 7.56. The molecule has 1 N–H and O–H groups in total. The lowest BCUT2D eigenvalue weighted by molar-refractivity contribution is -0.115. The number of imidazole rings is 1. The van der Waals surface area contributed by atoms with Gasteiger partial charge in [0.15, 0.2) is 0 Å². The van der Waals surface area contributed by atoms with E-state index in [-0.39, 0.29) is 12.3 Å². The van der Waals surface area contributed by atoms with E-state index in [9.17, 15) is 4.79 Å². The van der Waals surface area contributed by atoms with Crippen LogP contribution in [0.25, 0.3) is 11.3 Å². The standard InChI is InChI=1S/C22H23N3O2/c1-27-20-7-3-2-6-17(20)14-22(26)23-18-11-9-16(10-12-18)19-15-25-13-5-4-8-21(25)24-19/h2-3,6-7,9-12,15H,4-5,8,13-14H2,1H3,(H,23,26). The number of nitrogens with zero attached hydrogens (tertiary/aromatic N) is 2. The molecule has 0 atom stereocenters. The molecule has 1 amide bonds. The number of benzene rings is 2. The molecule has 2 heterocycles. The summed E-state index contributed by atoms with van der Waals surface area (Å²) in [5, 5.41) is 2.95. The molecule has 0 saturated carbocycles. The van der Waals surface area contributed by atoms with Gasteiger partial charge in [-0.1, -0.05) is 30.3 Å². The number of fused-ring (bicyclic) bond motifs is 1. The Morgan fingerprint density at radius 2 is 1.96 bits per heavy atom. The first-order valence-corrected chi connectivity index (χ1v) is 9.31. The number of rotatable bonds is 5. The van der Waals surface area contributed by atoms with Crippen molar-refractivity contribution < 1.29 is 9.53 Å². The Morgan fingerprint density at radius 1 is 1.15 bits per heavy atom. The van der Waals surface area contributed by atoms with Crippen LogP contribution in [0.15, 0.2) is 54.7 Å². The minimum Gasteiger partial charge on any atom is -0.496 e. The molecular formula is C22H23N3O2. The van der Waals surface area contributed by atoms with Gasteiger partial charge >= 0.3 is 0 Å². The molecule has 0 aliphatic carbocycles. The predicted molar refractivity (Wildman–Crippen MR) is 106 cm³/mol. The van der Waals surface area contributed by atoms with E-state index in [4.69, 9.17) is 9.72 Å². The fraction of sp³-hybridized carbons (Fsp3) is 0.273. The van der Waals surface area contributed by atoms with E-state index in [1.54, 1.807) is 7.11 Å². The Morgan fingerprint density at radius 3 is 2.74 bits per heavy atom. The Hall–Kier alpha value is -3.08. The second kappa shape index (κ2) is 7.66. The first kappa shape index (κ1) is 17.3. The van der Waals surface area contributed by atoms with Crippen LogP contribution in [0.5, 0.6) is 5.75 Å². The minimum absolute atomic E-state index is 0.0651. The summed E-state index contributed by atoms with van der Waals surface area (Å²) in [5.41, 5.74) is 3.72. The average Bonchev–Trinajstić information content (AvgIpc) is 3.13. The highest BCUT2D eigenvalue weighted by molar-refractivity contribution is 5.92. The van der Waals surface area contributed by atoms with Crippen molar-refractivity contribution in [2.24, 2.45) is 0 Å². The van der Waals surface area contributed by atoms with Crippen molar-refractivity contribution in [1.29, 1.82) is 0 Å². The number of nitrogens with one attached hydrogen (secondary N) is 1. The van der Waals surface area contributed by atoms with Crippen molar-refractivity contribution in [1.82, 2.24) is 9.55 Å². The molecule has 0 unspecified atom stereocenters. The summed E-state index contributed by atoms with van der Waals surface area (Å²) in [4.78, 5) is 17.1. The molecule has 0 saturated heterocycles. The largest absolute Gasteiger partial charge is 0.496 e. The molecular weight excluding hydrogens is 338 g/mol. The highest BCUT2D eigenvalue weighted by Gasteiger charge is 2.13. The van der Waals surface area contributed by atoms with Crippen LogP contribution in [0.3, 0.4) is 0 Å². The van der Waals surface area contributed by atoms with Gasteiger partial charge in [0, 0.05) is 36.0 Å². The smallest absolute Gasteiger partial charge is 0.228 e. The van der Waals surface area contributed by atoms with Gasteiger partial charge in [0.2, 0.25) is 5.91 Å². The molecule has 1 aromatic heterocycles. The Bertz CT molecular complexity index is 921. The fourth-order valence-electron chi connectivity index (χ4n) is 3.50. The number of hydrogen-bond acceptors (Lipinski definition) is 3. The number of carbonyl (C=O) groups is 1. The number of aryl methyl sites for hydroxylation is 2. The normalized spacial score (nSPS) is 13.1. The number of ether oxygens (including phenoxy) is 1. The van der Waals surface area contributed by atoms with Gasteiger partial charge in [0.25, 0.3) is 0 Å². The second-order valence-electron chi connectivity index (χ2n) is 6.81. The molecule has 4 rings (SSSR count). The van der Waals surface area contributed by atoms with Crippen LogP contribution in [-0.2, 0) is 24.2 Å². The number of aromatic nitrogens is 2. The molecule has 0 fully saturated rings. The monoisotopic (exact) mass is 361 g/mol. The Balaban J connectivity index is 1.43. The summed E-state index contributed by atoms with van der Waals surface area (Å²) in [6.45, 7) is 1.05. The number of anilines is 1. The molecule has 0 spiro atoms. The maximum absolute atomic E-state index is 12.4. The second-order valence-corrected chi connectivity index (χ2v) is 6.81. The first-order valence-electron chi connectivity index (χ1n) is 9.31. The molecule has 3 aromatic rings. The Kier molecular flexibility index (Phi) is 4.92. The van der Waals surface area contributed by atoms with E-state index in [2.05, 4.69) is 16.1 Å². The molecule has 138 valence electrons. The van der Waals surface area contributed by atoms with Crippen molar-refractivity contribution in [3.63, 3.8) is 0 Å². The third-order valence-corrected chi connectivity index (χ3v) is 4.92. The topological polar surface area (TPSA) is 56.1 Å². The van der Waals surface area contributed by atoms with Crippen molar-refractivity contribution >= 4 is 11.6 Å². The fourth-order valence-corrected chi connectivity index (χ4v) is 3.50. The number of para-hydroxylation sites is 1. The summed E-state index contributed by atoms with van der Waals surface area (Å²) in [5.74, 6) is 1.84. The number of carbonyl (C=O) groups excluding carboxylic acids is 1. The molecule has 0 bridgehead atoms. The van der Waals surface area contributed by atoms with Gasteiger partial charge in [-0.25, -0.2) is 4.98 Å². The van der Waals surface area contributed by atoms with E-state index >= 15 is 0 Å². The van der Waals surface area contributed by atoms with Crippen molar-refractivity contribution in [3.05, 3.63) is 66.1 Å². The van der Waals surface area contributed by atoms with Gasteiger partial charge in [-0.15, -0.1) is 0 Å². The zero-order valence-electron chi connectivity index (χ0n) is 15.4. The van der Waals surface area contributed by atoms with Gasteiger partial charge in [-0.3, -0.25) is 4.79 Å². The highest BCUT2D eigenvalue weighted by atomic mass is 16.5. The number of hydrogen-bond donors (Lipinski definition) is 1. The van der Waals surface area contributed by atoms with E-state index in [1.165, 1.54) is 18.7 Å². The van der Waals surface area contributed by atoms with Crippen LogP contribution >= 0.6 is 0 Å². The Labute approximate surface area is 159 Å². The zero-order valence-corrected chi connectivity index (χ0v) is 15.4. The lowest BCUT2D eigenvalue weighted by Gasteiger charge is -2.11. The van der Waals surface area contributed by atoms with Crippen molar-refractivity contribution in [3.8, 4) is 17.0 Å². The molecule has 1 aliphatic rings. The van der Waals surface area contributed by atoms with Crippen LogP contribution in [0.1, 0.15) is 24.2 Å². The quantitative estimate of drug-likeness (QED) is 0.745. The van der Waals surface area contributed by atoms with Crippen LogP contribution in [0.4, 0.5) is 5.69 Å². The van der Waals surface area contributed by atoms with E-state index in [0.717, 1.165) is 41.2 Å². The maximum Gasteiger partial charge on any atom is 0.228 e. The predicted octanol–water partition coefficient (Wildman–Crippen LogP) is 4.08. The average molecular weight is 361 g/mol. The maximum atomic E-state index is 12.4. The lowest BCUT2D eigenvalue weighted by atomic mass is 10.1. The van der Waals surface area contributed by atoms with Crippen molar-refractivity contribution in [2.75, 3.05) is 12.4 Å². The summed E-state index contributed by atoms with van der Waals surface area (Å²) in [6.07, 6.45) is 5.90. The van der Waals surface area contributed by atoms with Crippen molar-refractivity contribution in [2.45, 2.75) is 32.2 Å². The van der Waals surface area contributed by atoms with Crippen LogP contribution < -0.4 is 10.1 Å². The third-order valence-electron chi connectivity index (χ3n) is 4.92. The van der Waals surface area contributed by atoms with E-state index < -0.39 is 0 Å². The third kappa shape index (κ3) is 3.87. The molecule has 5 nitrogen and oxygen atoms in total. The summed E-state index contributed by atoms with van der Waals surface area (Å²) in [7, 11) is 1.61. The molecule has 2 aromatic carbocycles. The molecule has 0 radical (unpaired) electrons. The SMILES string of the molecule is COc1ccccc1CC(=O)Nc1ccc(-c2cn3c(n2)CCCC3)cc1. The molecule has 1 aliphatic heterocycles. The summed E-state index contributed by atoms with van der Waals surface area (Å²) in [6, 6.07) is 15.4. The first-order chi connectivity index (χ1) is 13.2. The van der Waals surface area contributed by atoms with E-state index in [1.807, 2.05) is 48.5 Å². The van der Waals surface area contributed by atoms with Crippen LogP contribution in [0, 0.1) is 0 Å². The van der Waals surface area contributed by atoms with E-state index in [0.29, 0.717) is 0 Å². The number of amides is 1. The van der Waals surface area contributed by atoms with Gasteiger partial charge < -0.3 is 14.6 Å². The molecule has 5 heteroatoms. The molecule has 27 heavy (non-hydrogen) atoms. The van der Waals surface area contributed by atoms with Gasteiger partial charge in [-0.05, 0) is 31.0 Å². The minimum atomic E-state index is -0.0651. The van der Waals surface area contributed by atoms with Crippen LogP contribution in [-0.4, -0.2) is 22.6 Å². The van der Waals surface area contributed by atoms with Gasteiger partial charge in [0.1, 0.15) is 11.6 Å². The summed E-state index contributed by atoms with van der Waals surface area (Å²) >= 11 is 0. The van der Waals surface area contributed by atoms with Gasteiger partial charge in [-0.2, -0.15) is 0 Å². The lowest BCUT2D eigenvalue weighted by Crippen LogP contribution is -2.14. The highest BCUT2D eigenvalue weighted by Crippen LogP contribution is 2.24. The van der Waals surface area contributed by atoms with Crippen LogP contribution in [0.2, 0.25) is 0 Å². The zero-order chi connectivity index (χ0) is 18.6.